The average molecular weight is 422 g/mol. The molecule has 0 spiro atoms. The summed E-state index contributed by atoms with van der Waals surface area (Å²) in [4.78, 5) is 4.48. The largest absolute Gasteiger partial charge is 0.258 e. The third-order valence-electron chi connectivity index (χ3n) is 3.33. The van der Waals surface area contributed by atoms with Crippen molar-refractivity contribution >= 4 is 55.1 Å². The molecule has 1 aromatic heterocycles. The van der Waals surface area contributed by atoms with Crippen LogP contribution in [0.5, 0.6) is 0 Å². The van der Waals surface area contributed by atoms with Crippen LogP contribution >= 0.6 is 55.1 Å². The molecule has 0 N–H and O–H groups in total. The normalized spacial score (nSPS) is 17.6. The standard InChI is InChI=1S/C14H9Br2Cl2N/c15-9-3-8-2-1-7-4-12(17)11(16)5-10(7)13(18)14(8)19-6-9/h3-6,13H,1-2H2. The van der Waals surface area contributed by atoms with Crippen LogP contribution in [-0.2, 0) is 12.8 Å². The Kier molecular flexibility index (Phi) is 3.91. The molecule has 1 aromatic carbocycles. The maximum absolute atomic E-state index is 6.62. The van der Waals surface area contributed by atoms with Crippen molar-refractivity contribution in [1.29, 1.82) is 0 Å². The highest BCUT2D eigenvalue weighted by atomic mass is 79.9. The summed E-state index contributed by atoms with van der Waals surface area (Å²) in [6.07, 6.45) is 3.65. The van der Waals surface area contributed by atoms with E-state index in [1.54, 1.807) is 6.20 Å². The Hall–Kier alpha value is -0.0900. The molecule has 1 unspecified atom stereocenters. The van der Waals surface area contributed by atoms with Crippen LogP contribution in [0.15, 0.2) is 33.3 Å². The molecule has 0 amide bonds. The van der Waals surface area contributed by atoms with Gasteiger partial charge in [0.05, 0.1) is 10.7 Å². The van der Waals surface area contributed by atoms with Gasteiger partial charge in [-0.05, 0) is 79.6 Å². The SMILES string of the molecule is Clc1cc2c(cc1Br)C(Cl)c1ncc(Br)cc1CC2. The zero-order chi connectivity index (χ0) is 13.6. The summed E-state index contributed by atoms with van der Waals surface area (Å²) in [5.74, 6) is 0. The first-order valence-electron chi connectivity index (χ1n) is 5.82. The molecule has 1 atom stereocenters. The van der Waals surface area contributed by atoms with Crippen LogP contribution in [0.1, 0.15) is 27.8 Å². The molecule has 1 aliphatic rings. The molecule has 1 aliphatic carbocycles. The van der Waals surface area contributed by atoms with Crippen LogP contribution in [0.4, 0.5) is 0 Å². The van der Waals surface area contributed by atoms with Crippen LogP contribution in [0, 0.1) is 0 Å². The summed E-state index contributed by atoms with van der Waals surface area (Å²) >= 11 is 19.7. The molecule has 0 bridgehead atoms. The van der Waals surface area contributed by atoms with E-state index in [1.165, 1.54) is 11.1 Å². The average Bonchev–Trinajstić information content (AvgIpc) is 2.50. The minimum atomic E-state index is -0.228. The highest BCUT2D eigenvalue weighted by Gasteiger charge is 2.24. The monoisotopic (exact) mass is 419 g/mol. The summed E-state index contributed by atoms with van der Waals surface area (Å²) < 4.78 is 1.86. The Morgan fingerprint density at radius 1 is 1.11 bits per heavy atom. The van der Waals surface area contributed by atoms with Crippen molar-refractivity contribution < 1.29 is 0 Å². The lowest BCUT2D eigenvalue weighted by Crippen LogP contribution is -2.00. The van der Waals surface area contributed by atoms with Gasteiger partial charge >= 0.3 is 0 Å². The Bertz CT molecular complexity index is 658. The molecule has 5 heteroatoms. The summed E-state index contributed by atoms with van der Waals surface area (Å²) in [6, 6.07) is 6.10. The number of benzene rings is 1. The second-order valence-electron chi connectivity index (χ2n) is 4.53. The molecular formula is C14H9Br2Cl2N. The molecule has 0 saturated carbocycles. The van der Waals surface area contributed by atoms with E-state index in [1.807, 2.05) is 12.1 Å². The number of rotatable bonds is 0. The van der Waals surface area contributed by atoms with Crippen LogP contribution < -0.4 is 0 Å². The van der Waals surface area contributed by atoms with E-state index in [4.69, 9.17) is 23.2 Å². The van der Waals surface area contributed by atoms with Crippen LogP contribution in [0.25, 0.3) is 0 Å². The van der Waals surface area contributed by atoms with Gasteiger partial charge in [-0.25, -0.2) is 0 Å². The number of pyridine rings is 1. The topological polar surface area (TPSA) is 12.9 Å². The Morgan fingerprint density at radius 2 is 1.84 bits per heavy atom. The molecule has 0 fully saturated rings. The van der Waals surface area contributed by atoms with Crippen LogP contribution in [0.2, 0.25) is 5.02 Å². The highest BCUT2D eigenvalue weighted by Crippen LogP contribution is 2.39. The van der Waals surface area contributed by atoms with Crippen molar-refractivity contribution in [1.82, 2.24) is 4.98 Å². The lowest BCUT2D eigenvalue weighted by atomic mass is 10.0. The lowest BCUT2D eigenvalue weighted by molar-refractivity contribution is 0.947. The zero-order valence-electron chi connectivity index (χ0n) is 9.76. The number of alkyl halides is 1. The van der Waals surface area contributed by atoms with E-state index in [0.717, 1.165) is 38.1 Å². The third kappa shape index (κ3) is 2.58. The first-order chi connectivity index (χ1) is 9.06. The summed E-state index contributed by atoms with van der Waals surface area (Å²) in [5.41, 5.74) is 4.42. The predicted molar refractivity (Wildman–Crippen MR) is 86.2 cm³/mol. The lowest BCUT2D eigenvalue weighted by Gasteiger charge is -2.13. The fraction of sp³-hybridized carbons (Fsp3) is 0.214. The molecular weight excluding hydrogens is 413 g/mol. The van der Waals surface area contributed by atoms with E-state index in [-0.39, 0.29) is 5.38 Å². The number of aromatic nitrogens is 1. The minimum Gasteiger partial charge on any atom is -0.258 e. The Morgan fingerprint density at radius 3 is 2.63 bits per heavy atom. The number of aryl methyl sites for hydroxylation is 2. The van der Waals surface area contributed by atoms with Gasteiger partial charge in [0, 0.05) is 15.1 Å². The van der Waals surface area contributed by atoms with E-state index in [9.17, 15) is 0 Å². The first-order valence-corrected chi connectivity index (χ1v) is 8.22. The second-order valence-corrected chi connectivity index (χ2v) is 7.14. The molecule has 1 nitrogen and oxygen atoms in total. The van der Waals surface area contributed by atoms with Gasteiger partial charge in [0.2, 0.25) is 0 Å². The van der Waals surface area contributed by atoms with Gasteiger partial charge in [-0.3, -0.25) is 4.98 Å². The third-order valence-corrected chi connectivity index (χ3v) is 5.40. The van der Waals surface area contributed by atoms with Gasteiger partial charge in [-0.1, -0.05) is 11.6 Å². The minimum absolute atomic E-state index is 0.228. The summed E-state index contributed by atoms with van der Waals surface area (Å²) in [5, 5.41) is 0.497. The van der Waals surface area contributed by atoms with Crippen molar-refractivity contribution in [2.24, 2.45) is 0 Å². The van der Waals surface area contributed by atoms with Crippen LogP contribution in [0.3, 0.4) is 0 Å². The van der Waals surface area contributed by atoms with Gasteiger partial charge in [-0.15, -0.1) is 11.6 Å². The molecule has 1 heterocycles. The predicted octanol–water partition coefficient (Wildman–Crippen LogP) is 5.69. The molecule has 19 heavy (non-hydrogen) atoms. The van der Waals surface area contributed by atoms with E-state index >= 15 is 0 Å². The molecule has 0 radical (unpaired) electrons. The van der Waals surface area contributed by atoms with E-state index < -0.39 is 0 Å². The Labute approximate surface area is 138 Å². The fourth-order valence-corrected chi connectivity index (χ4v) is 3.72. The summed E-state index contributed by atoms with van der Waals surface area (Å²) in [6.45, 7) is 0. The van der Waals surface area contributed by atoms with Crippen molar-refractivity contribution in [2.45, 2.75) is 18.2 Å². The van der Waals surface area contributed by atoms with E-state index in [2.05, 4.69) is 42.9 Å². The van der Waals surface area contributed by atoms with Gasteiger partial charge < -0.3 is 0 Å². The highest BCUT2D eigenvalue weighted by molar-refractivity contribution is 9.10. The van der Waals surface area contributed by atoms with Crippen molar-refractivity contribution in [3.05, 3.63) is 60.7 Å². The van der Waals surface area contributed by atoms with E-state index in [0.29, 0.717) is 0 Å². The zero-order valence-corrected chi connectivity index (χ0v) is 14.4. The van der Waals surface area contributed by atoms with Crippen molar-refractivity contribution in [3.8, 4) is 0 Å². The molecule has 0 saturated heterocycles. The first kappa shape index (κ1) is 13.9. The number of nitrogens with zero attached hydrogens (tertiary/aromatic N) is 1. The summed E-state index contributed by atoms with van der Waals surface area (Å²) in [7, 11) is 0. The van der Waals surface area contributed by atoms with Gasteiger partial charge in [-0.2, -0.15) is 0 Å². The van der Waals surface area contributed by atoms with Crippen LogP contribution in [-0.4, -0.2) is 4.98 Å². The van der Waals surface area contributed by atoms with Gasteiger partial charge in [0.1, 0.15) is 5.38 Å². The fourth-order valence-electron chi connectivity index (χ4n) is 2.39. The van der Waals surface area contributed by atoms with Crippen molar-refractivity contribution in [3.63, 3.8) is 0 Å². The maximum Gasteiger partial charge on any atom is 0.101 e. The maximum atomic E-state index is 6.62. The Balaban J connectivity index is 2.17. The molecule has 2 aromatic rings. The smallest absolute Gasteiger partial charge is 0.101 e. The number of hydrogen-bond donors (Lipinski definition) is 0. The van der Waals surface area contributed by atoms with Gasteiger partial charge in [0.25, 0.3) is 0 Å². The number of hydrogen-bond acceptors (Lipinski definition) is 1. The number of fused-ring (bicyclic) bond motifs is 2. The van der Waals surface area contributed by atoms with Crippen molar-refractivity contribution in [2.75, 3.05) is 0 Å². The molecule has 3 rings (SSSR count). The second kappa shape index (κ2) is 5.36. The quantitative estimate of drug-likeness (QED) is 0.498. The van der Waals surface area contributed by atoms with Gasteiger partial charge in [0.15, 0.2) is 0 Å². The molecule has 0 aliphatic heterocycles. The molecule has 98 valence electrons. The number of halogens is 4.